The molecule has 1 amide bonds. The van der Waals surface area contributed by atoms with Gasteiger partial charge in [0.25, 0.3) is 0 Å². The van der Waals surface area contributed by atoms with Crippen LogP contribution >= 0.6 is 0 Å². The van der Waals surface area contributed by atoms with Gasteiger partial charge in [0, 0.05) is 12.1 Å². The van der Waals surface area contributed by atoms with E-state index in [0.717, 1.165) is 29.9 Å². The van der Waals surface area contributed by atoms with E-state index in [0.29, 0.717) is 30.9 Å². The molecule has 0 heterocycles. The first kappa shape index (κ1) is 31.2. The lowest BCUT2D eigenvalue weighted by Gasteiger charge is -2.20. The SMILES string of the molecule is COC(=O)c1ccc(NC(=O)CCc2cccc(OCCCCOc3ccccc3)c2)c(CC(=O)OC(C)(C)C)c1. The van der Waals surface area contributed by atoms with E-state index < -0.39 is 17.5 Å². The highest BCUT2D eigenvalue weighted by Crippen LogP contribution is 2.22. The largest absolute Gasteiger partial charge is 0.494 e. The third-order valence-corrected chi connectivity index (χ3v) is 5.91. The van der Waals surface area contributed by atoms with Crippen molar-refractivity contribution in [2.24, 2.45) is 0 Å². The van der Waals surface area contributed by atoms with Gasteiger partial charge in [0.2, 0.25) is 5.91 Å². The van der Waals surface area contributed by atoms with Crippen LogP contribution in [0.2, 0.25) is 0 Å². The van der Waals surface area contributed by atoms with Gasteiger partial charge in [0.1, 0.15) is 17.1 Å². The molecule has 0 atom stereocenters. The van der Waals surface area contributed by atoms with Crippen molar-refractivity contribution in [3.8, 4) is 11.5 Å². The predicted octanol–water partition coefficient (Wildman–Crippen LogP) is 6.17. The van der Waals surface area contributed by atoms with Crippen LogP contribution in [-0.4, -0.2) is 43.8 Å². The van der Waals surface area contributed by atoms with Crippen LogP contribution in [0.5, 0.6) is 11.5 Å². The van der Waals surface area contributed by atoms with Gasteiger partial charge in [-0.1, -0.05) is 30.3 Å². The normalized spacial score (nSPS) is 10.9. The fraction of sp³-hybridized carbons (Fsp3) is 0.364. The summed E-state index contributed by atoms with van der Waals surface area (Å²) in [6.07, 6.45) is 2.38. The fourth-order valence-corrected chi connectivity index (χ4v) is 4.00. The Bertz CT molecular complexity index is 1300. The lowest BCUT2D eigenvalue weighted by molar-refractivity contribution is -0.153. The number of hydrogen-bond acceptors (Lipinski definition) is 7. The molecule has 3 rings (SSSR count). The number of nitrogens with one attached hydrogen (secondary N) is 1. The molecular weight excluding hydrogens is 522 g/mol. The van der Waals surface area contributed by atoms with Crippen molar-refractivity contribution in [1.82, 2.24) is 0 Å². The topological polar surface area (TPSA) is 100 Å². The zero-order valence-corrected chi connectivity index (χ0v) is 24.2. The average Bonchev–Trinajstić information content (AvgIpc) is 2.94. The number of aryl methyl sites for hydroxylation is 1. The number of anilines is 1. The van der Waals surface area contributed by atoms with Gasteiger partial charge < -0.3 is 24.3 Å². The van der Waals surface area contributed by atoms with Crippen LogP contribution < -0.4 is 14.8 Å². The van der Waals surface area contributed by atoms with E-state index in [1.807, 2.05) is 54.6 Å². The van der Waals surface area contributed by atoms with Crippen LogP contribution in [0.4, 0.5) is 5.69 Å². The van der Waals surface area contributed by atoms with E-state index in [1.165, 1.54) is 7.11 Å². The number of methoxy groups -OCH3 is 1. The lowest BCUT2D eigenvalue weighted by atomic mass is 10.0. The molecular formula is C33H39NO7. The number of esters is 2. The predicted molar refractivity (Wildman–Crippen MR) is 157 cm³/mol. The summed E-state index contributed by atoms with van der Waals surface area (Å²) in [6, 6.07) is 22.1. The van der Waals surface area contributed by atoms with Crippen LogP contribution in [0.1, 0.15) is 61.5 Å². The molecule has 3 aromatic carbocycles. The van der Waals surface area contributed by atoms with Crippen molar-refractivity contribution >= 4 is 23.5 Å². The molecule has 0 unspecified atom stereocenters. The van der Waals surface area contributed by atoms with Crippen LogP contribution in [-0.2, 0) is 31.9 Å². The Kier molecular flexibility index (Phi) is 11.8. The molecule has 1 N–H and O–H groups in total. The number of ether oxygens (including phenoxy) is 4. The minimum absolute atomic E-state index is 0.102. The zero-order chi connectivity index (χ0) is 29.7. The Morgan fingerprint density at radius 2 is 1.49 bits per heavy atom. The van der Waals surface area contributed by atoms with Gasteiger partial charge in [-0.05, 0) is 93.6 Å². The van der Waals surface area contributed by atoms with Crippen molar-refractivity contribution in [2.45, 2.75) is 58.5 Å². The second-order valence-corrected chi connectivity index (χ2v) is 10.5. The molecule has 0 radical (unpaired) electrons. The summed E-state index contributed by atoms with van der Waals surface area (Å²) in [5.41, 5.74) is 1.52. The van der Waals surface area contributed by atoms with Crippen LogP contribution in [0, 0.1) is 0 Å². The molecule has 8 nitrogen and oxygen atoms in total. The zero-order valence-electron chi connectivity index (χ0n) is 24.2. The number of hydrogen-bond donors (Lipinski definition) is 1. The first-order chi connectivity index (χ1) is 19.6. The molecule has 0 aliphatic heterocycles. The summed E-state index contributed by atoms with van der Waals surface area (Å²) in [5.74, 6) is 0.407. The maximum absolute atomic E-state index is 12.8. The minimum atomic E-state index is -0.657. The van der Waals surface area contributed by atoms with Crippen molar-refractivity contribution in [3.63, 3.8) is 0 Å². The summed E-state index contributed by atoms with van der Waals surface area (Å²) in [5, 5.41) is 2.87. The monoisotopic (exact) mass is 561 g/mol. The van der Waals surface area contributed by atoms with Gasteiger partial charge in [-0.25, -0.2) is 4.79 Å². The fourth-order valence-electron chi connectivity index (χ4n) is 4.00. The summed E-state index contributed by atoms with van der Waals surface area (Å²) in [4.78, 5) is 37.3. The molecule has 0 saturated heterocycles. The maximum Gasteiger partial charge on any atom is 0.337 e. The Morgan fingerprint density at radius 1 is 0.805 bits per heavy atom. The Balaban J connectivity index is 1.50. The molecule has 0 fully saturated rings. The number of para-hydroxylation sites is 1. The summed E-state index contributed by atoms with van der Waals surface area (Å²) in [6.45, 7) is 6.54. The number of benzene rings is 3. The first-order valence-electron chi connectivity index (χ1n) is 13.8. The Hall–Kier alpha value is -4.33. The van der Waals surface area contributed by atoms with E-state index >= 15 is 0 Å². The van der Waals surface area contributed by atoms with E-state index in [-0.39, 0.29) is 24.3 Å². The second kappa shape index (κ2) is 15.5. The Labute approximate surface area is 242 Å². The smallest absolute Gasteiger partial charge is 0.337 e. The van der Waals surface area contributed by atoms with E-state index in [1.54, 1.807) is 39.0 Å². The van der Waals surface area contributed by atoms with Crippen molar-refractivity contribution in [1.29, 1.82) is 0 Å². The van der Waals surface area contributed by atoms with Gasteiger partial charge in [0.15, 0.2) is 0 Å². The highest BCUT2D eigenvalue weighted by molar-refractivity contribution is 5.95. The van der Waals surface area contributed by atoms with Crippen LogP contribution in [0.15, 0.2) is 72.8 Å². The summed E-state index contributed by atoms with van der Waals surface area (Å²) < 4.78 is 21.8. The molecule has 218 valence electrons. The van der Waals surface area contributed by atoms with Gasteiger partial charge in [-0.15, -0.1) is 0 Å². The quantitative estimate of drug-likeness (QED) is 0.186. The molecule has 3 aromatic rings. The number of amides is 1. The van der Waals surface area contributed by atoms with E-state index in [9.17, 15) is 14.4 Å². The third kappa shape index (κ3) is 11.4. The van der Waals surface area contributed by atoms with Crippen LogP contribution in [0.3, 0.4) is 0 Å². The van der Waals surface area contributed by atoms with Crippen molar-refractivity contribution < 1.29 is 33.3 Å². The van der Waals surface area contributed by atoms with Gasteiger partial charge in [-0.3, -0.25) is 9.59 Å². The molecule has 0 aliphatic rings. The molecule has 0 spiro atoms. The first-order valence-corrected chi connectivity index (χ1v) is 13.8. The molecule has 0 aliphatic carbocycles. The summed E-state index contributed by atoms with van der Waals surface area (Å²) >= 11 is 0. The van der Waals surface area contributed by atoms with Gasteiger partial charge in [0.05, 0.1) is 32.3 Å². The third-order valence-electron chi connectivity index (χ3n) is 5.91. The standard InChI is InChI=1S/C33H39NO7/c1-33(2,3)41-31(36)23-26-22-25(32(37)38-4)16-17-29(26)34-30(35)18-15-24-11-10-14-28(21-24)40-20-9-8-19-39-27-12-6-5-7-13-27/h5-7,10-14,16-17,21-22H,8-9,15,18-20,23H2,1-4H3,(H,34,35). The number of unbranched alkanes of at least 4 members (excludes halogenated alkanes) is 1. The number of carbonyl (C=O) groups excluding carboxylic acids is 3. The van der Waals surface area contributed by atoms with Crippen LogP contribution in [0.25, 0.3) is 0 Å². The number of carbonyl (C=O) groups is 3. The van der Waals surface area contributed by atoms with Gasteiger partial charge >= 0.3 is 11.9 Å². The molecule has 0 saturated carbocycles. The molecule has 0 aromatic heterocycles. The number of rotatable bonds is 14. The Morgan fingerprint density at radius 3 is 2.17 bits per heavy atom. The maximum atomic E-state index is 12.8. The van der Waals surface area contributed by atoms with E-state index in [2.05, 4.69) is 5.32 Å². The minimum Gasteiger partial charge on any atom is -0.494 e. The second-order valence-electron chi connectivity index (χ2n) is 10.5. The van der Waals surface area contributed by atoms with E-state index in [4.69, 9.17) is 18.9 Å². The summed E-state index contributed by atoms with van der Waals surface area (Å²) in [7, 11) is 1.29. The highest BCUT2D eigenvalue weighted by atomic mass is 16.6. The van der Waals surface area contributed by atoms with Gasteiger partial charge in [-0.2, -0.15) is 0 Å². The molecule has 8 heteroatoms. The average molecular weight is 562 g/mol. The molecule has 0 bridgehead atoms. The van der Waals surface area contributed by atoms with Crippen molar-refractivity contribution in [2.75, 3.05) is 25.6 Å². The van der Waals surface area contributed by atoms with Crippen molar-refractivity contribution in [3.05, 3.63) is 89.5 Å². The highest BCUT2D eigenvalue weighted by Gasteiger charge is 2.20. The molecule has 41 heavy (non-hydrogen) atoms. The lowest BCUT2D eigenvalue weighted by Crippen LogP contribution is -2.25.